The van der Waals surface area contributed by atoms with Crippen molar-refractivity contribution in [2.75, 3.05) is 47.3 Å². The van der Waals surface area contributed by atoms with E-state index in [2.05, 4.69) is 68.0 Å². The zero-order valence-electron chi connectivity index (χ0n) is 16.8. The molecule has 0 unspecified atom stereocenters. The number of hydrogen-bond acceptors (Lipinski definition) is 3. The average molecular weight is 357 g/mol. The quantitative estimate of drug-likeness (QED) is 0.896. The van der Waals surface area contributed by atoms with Crippen molar-refractivity contribution in [3.05, 3.63) is 35.0 Å². The summed E-state index contributed by atoms with van der Waals surface area (Å²) in [7, 11) is 6.38. The van der Waals surface area contributed by atoms with Gasteiger partial charge in [-0.05, 0) is 65.5 Å². The molecule has 1 fully saturated rings. The molecule has 0 radical (unpaired) electrons. The van der Waals surface area contributed by atoms with Crippen LogP contribution in [0, 0.1) is 13.8 Å². The van der Waals surface area contributed by atoms with Gasteiger partial charge in [0.25, 0.3) is 5.91 Å². The Labute approximate surface area is 157 Å². The van der Waals surface area contributed by atoms with Crippen molar-refractivity contribution >= 4 is 16.8 Å². The number of H-pyrrole nitrogens is 1. The molecule has 0 aliphatic carbocycles. The maximum Gasteiger partial charge on any atom is 0.270 e. The van der Waals surface area contributed by atoms with Crippen LogP contribution < -0.4 is 0 Å². The van der Waals surface area contributed by atoms with Gasteiger partial charge in [0.1, 0.15) is 5.69 Å². The zero-order chi connectivity index (χ0) is 18.8. The van der Waals surface area contributed by atoms with E-state index in [1.165, 1.54) is 12.0 Å². The van der Waals surface area contributed by atoms with Crippen LogP contribution in [0.25, 0.3) is 10.9 Å². The van der Waals surface area contributed by atoms with Gasteiger partial charge in [0, 0.05) is 43.1 Å². The number of aromatic nitrogens is 1. The summed E-state index contributed by atoms with van der Waals surface area (Å²) < 4.78 is 0. The first-order valence-corrected chi connectivity index (χ1v) is 9.60. The predicted octanol–water partition coefficient (Wildman–Crippen LogP) is 2.88. The third-order valence-electron chi connectivity index (χ3n) is 5.63. The number of carbonyl (C=O) groups excluding carboxylic acids is 1. The highest BCUT2D eigenvalue weighted by Gasteiger charge is 2.28. The van der Waals surface area contributed by atoms with Crippen LogP contribution in [0.3, 0.4) is 0 Å². The fourth-order valence-electron chi connectivity index (χ4n) is 3.85. The Morgan fingerprint density at radius 3 is 2.73 bits per heavy atom. The molecular weight excluding hydrogens is 324 g/mol. The van der Waals surface area contributed by atoms with Gasteiger partial charge < -0.3 is 19.7 Å². The predicted molar refractivity (Wildman–Crippen MR) is 108 cm³/mol. The van der Waals surface area contributed by atoms with Crippen LogP contribution in [-0.4, -0.2) is 79.0 Å². The lowest BCUT2D eigenvalue weighted by molar-refractivity contribution is 0.0598. The van der Waals surface area contributed by atoms with Crippen molar-refractivity contribution in [3.63, 3.8) is 0 Å². The summed E-state index contributed by atoms with van der Waals surface area (Å²) in [6.45, 7) is 7.88. The number of rotatable bonds is 5. The second kappa shape index (κ2) is 7.80. The van der Waals surface area contributed by atoms with E-state index in [0.717, 1.165) is 54.8 Å². The number of nitrogens with one attached hydrogen (secondary N) is 1. The molecule has 1 aromatic carbocycles. The molecular formula is C21H32N4O. The summed E-state index contributed by atoms with van der Waals surface area (Å²) in [5.41, 5.74) is 4.09. The summed E-state index contributed by atoms with van der Waals surface area (Å²) in [6, 6.07) is 6.76. The Bertz CT molecular complexity index is 780. The molecule has 142 valence electrons. The lowest BCUT2D eigenvalue weighted by Crippen LogP contribution is -2.49. The smallest absolute Gasteiger partial charge is 0.270 e. The summed E-state index contributed by atoms with van der Waals surface area (Å²) in [4.78, 5) is 23.2. The Hall–Kier alpha value is -1.85. The van der Waals surface area contributed by atoms with Gasteiger partial charge in [0.05, 0.1) is 0 Å². The second-order valence-corrected chi connectivity index (χ2v) is 8.01. The number of likely N-dealkylation sites (tertiary alicyclic amines) is 1. The van der Waals surface area contributed by atoms with Crippen LogP contribution >= 0.6 is 0 Å². The highest BCUT2D eigenvalue weighted by molar-refractivity contribution is 6.01. The Kier molecular flexibility index (Phi) is 5.68. The van der Waals surface area contributed by atoms with Gasteiger partial charge in [0.15, 0.2) is 0 Å². The van der Waals surface area contributed by atoms with E-state index in [0.29, 0.717) is 6.04 Å². The monoisotopic (exact) mass is 356 g/mol. The molecule has 1 N–H and O–H groups in total. The molecule has 0 saturated carbocycles. The van der Waals surface area contributed by atoms with E-state index in [1.807, 2.05) is 4.90 Å². The van der Waals surface area contributed by atoms with Crippen LogP contribution in [0.2, 0.25) is 0 Å². The molecule has 0 spiro atoms. The normalized spacial score (nSPS) is 18.3. The fourth-order valence-corrected chi connectivity index (χ4v) is 3.85. The minimum atomic E-state index is 0.141. The van der Waals surface area contributed by atoms with Gasteiger partial charge in [-0.3, -0.25) is 4.79 Å². The summed E-state index contributed by atoms with van der Waals surface area (Å²) in [5.74, 6) is 0.141. The van der Waals surface area contributed by atoms with Crippen molar-refractivity contribution in [2.24, 2.45) is 0 Å². The van der Waals surface area contributed by atoms with Crippen molar-refractivity contribution in [1.82, 2.24) is 19.7 Å². The first kappa shape index (κ1) is 18.9. The summed E-state index contributed by atoms with van der Waals surface area (Å²) in [5, 5.41) is 1.16. The maximum atomic E-state index is 13.2. The number of amides is 1. The number of likely N-dealkylation sites (N-methyl/N-ethyl adjacent to an activating group) is 2. The first-order valence-electron chi connectivity index (χ1n) is 9.60. The number of hydrogen-bond donors (Lipinski definition) is 1. The maximum absolute atomic E-state index is 13.2. The van der Waals surface area contributed by atoms with E-state index in [-0.39, 0.29) is 5.91 Å². The lowest BCUT2D eigenvalue weighted by Gasteiger charge is -2.38. The lowest BCUT2D eigenvalue weighted by atomic mass is 10.0. The number of fused-ring (bicyclic) bond motifs is 1. The Morgan fingerprint density at radius 1 is 1.23 bits per heavy atom. The highest BCUT2D eigenvalue weighted by atomic mass is 16.2. The number of carbonyl (C=O) groups is 1. The topological polar surface area (TPSA) is 42.6 Å². The molecule has 26 heavy (non-hydrogen) atoms. The van der Waals surface area contributed by atoms with Gasteiger partial charge in [0.2, 0.25) is 0 Å². The molecule has 3 rings (SSSR count). The molecule has 1 aromatic heterocycles. The average Bonchev–Trinajstić information content (AvgIpc) is 2.95. The van der Waals surface area contributed by atoms with Crippen molar-refractivity contribution < 1.29 is 4.79 Å². The minimum absolute atomic E-state index is 0.141. The van der Waals surface area contributed by atoms with Gasteiger partial charge in [-0.25, -0.2) is 0 Å². The molecule has 0 bridgehead atoms. The van der Waals surface area contributed by atoms with Crippen LogP contribution in [-0.2, 0) is 0 Å². The molecule has 5 nitrogen and oxygen atoms in total. The fraction of sp³-hybridized carbons (Fsp3) is 0.571. The van der Waals surface area contributed by atoms with Gasteiger partial charge in [-0.1, -0.05) is 11.6 Å². The highest BCUT2D eigenvalue weighted by Crippen LogP contribution is 2.25. The largest absolute Gasteiger partial charge is 0.350 e. The van der Waals surface area contributed by atoms with Gasteiger partial charge in [-0.2, -0.15) is 0 Å². The van der Waals surface area contributed by atoms with E-state index in [9.17, 15) is 4.79 Å². The van der Waals surface area contributed by atoms with E-state index in [4.69, 9.17) is 0 Å². The second-order valence-electron chi connectivity index (χ2n) is 8.01. The third kappa shape index (κ3) is 3.94. The van der Waals surface area contributed by atoms with Crippen molar-refractivity contribution in [3.8, 4) is 0 Å². The van der Waals surface area contributed by atoms with Gasteiger partial charge in [-0.15, -0.1) is 0 Å². The van der Waals surface area contributed by atoms with Crippen molar-refractivity contribution in [1.29, 1.82) is 0 Å². The molecule has 2 aromatic rings. The molecule has 2 heterocycles. The molecule has 1 amide bonds. The SMILES string of the molecule is Cc1ccc2[nH]c(C(=O)N3CCC[C@@H](N(C)CCN(C)C)C3)c(C)c2c1. The summed E-state index contributed by atoms with van der Waals surface area (Å²) >= 11 is 0. The molecule has 5 heteroatoms. The van der Waals surface area contributed by atoms with Crippen LogP contribution in [0.1, 0.15) is 34.5 Å². The Balaban J connectivity index is 1.74. The molecule has 1 aliphatic heterocycles. The van der Waals surface area contributed by atoms with E-state index in [1.54, 1.807) is 0 Å². The van der Waals surface area contributed by atoms with E-state index < -0.39 is 0 Å². The number of aryl methyl sites for hydroxylation is 2. The third-order valence-corrected chi connectivity index (χ3v) is 5.63. The number of nitrogens with zero attached hydrogens (tertiary/aromatic N) is 3. The number of aromatic amines is 1. The van der Waals surface area contributed by atoms with Crippen LogP contribution in [0.4, 0.5) is 0 Å². The zero-order valence-corrected chi connectivity index (χ0v) is 16.8. The molecule has 1 aliphatic rings. The summed E-state index contributed by atoms with van der Waals surface area (Å²) in [6.07, 6.45) is 2.24. The van der Waals surface area contributed by atoms with Crippen molar-refractivity contribution in [2.45, 2.75) is 32.7 Å². The van der Waals surface area contributed by atoms with Crippen LogP contribution in [0.15, 0.2) is 18.2 Å². The number of piperidine rings is 1. The minimum Gasteiger partial charge on any atom is -0.350 e. The first-order chi connectivity index (χ1) is 12.4. The van der Waals surface area contributed by atoms with E-state index >= 15 is 0 Å². The Morgan fingerprint density at radius 2 is 2.00 bits per heavy atom. The molecule has 1 atom stereocenters. The van der Waals surface area contributed by atoms with Gasteiger partial charge >= 0.3 is 0 Å². The standard InChI is InChI=1S/C21H32N4O/c1-15-8-9-19-18(13-15)16(2)20(22-19)21(26)25-10-6-7-17(14-25)24(5)12-11-23(3)4/h8-9,13,17,22H,6-7,10-12,14H2,1-5H3/t17-/m1/s1. The molecule has 1 saturated heterocycles. The number of benzene rings is 1. The van der Waals surface area contributed by atoms with Crippen LogP contribution in [0.5, 0.6) is 0 Å².